The number of halogens is 2. The summed E-state index contributed by atoms with van der Waals surface area (Å²) < 4.78 is 31.9. The lowest BCUT2D eigenvalue weighted by molar-refractivity contribution is -0.146. The highest BCUT2D eigenvalue weighted by Gasteiger charge is 2.46. The third kappa shape index (κ3) is 3.07. The second kappa shape index (κ2) is 5.60. The highest BCUT2D eigenvalue weighted by molar-refractivity contribution is 5.77. The summed E-state index contributed by atoms with van der Waals surface area (Å²) in [5.74, 6) is -2.07. The van der Waals surface area contributed by atoms with Gasteiger partial charge < -0.3 is 4.74 Å². The minimum absolute atomic E-state index is 0.0918. The number of esters is 1. The monoisotopic (exact) mass is 289 g/mol. The summed E-state index contributed by atoms with van der Waals surface area (Å²) in [5.41, 5.74) is 0.898. The van der Waals surface area contributed by atoms with E-state index in [0.29, 0.717) is 12.1 Å². The summed E-state index contributed by atoms with van der Waals surface area (Å²) in [5, 5.41) is 0. The third-order valence-electron chi connectivity index (χ3n) is 3.54. The molecule has 0 radical (unpaired) electrons. The Morgan fingerprint density at radius 1 is 1.29 bits per heavy atom. The van der Waals surface area contributed by atoms with Crippen molar-refractivity contribution in [3.63, 3.8) is 0 Å². The quantitative estimate of drug-likeness (QED) is 0.811. The lowest BCUT2D eigenvalue weighted by Gasteiger charge is -2.05. The molecule has 1 aliphatic carbocycles. The minimum Gasteiger partial charge on any atom is -0.459 e. The lowest BCUT2D eigenvalue weighted by atomic mass is 10.1. The molecule has 1 aliphatic rings. The molecule has 0 unspecified atom stereocenters. The first-order valence-corrected chi connectivity index (χ1v) is 6.66. The second-order valence-corrected chi connectivity index (χ2v) is 5.04. The largest absolute Gasteiger partial charge is 0.459 e. The maximum Gasteiger partial charge on any atom is 0.309 e. The zero-order chi connectivity index (χ0) is 14.8. The van der Waals surface area contributed by atoms with E-state index >= 15 is 0 Å². The van der Waals surface area contributed by atoms with Crippen molar-refractivity contribution in [2.24, 2.45) is 5.92 Å². The van der Waals surface area contributed by atoms with Crippen LogP contribution in [0.4, 0.5) is 8.78 Å². The summed E-state index contributed by atoms with van der Waals surface area (Å²) in [6, 6.07) is 8.62. The molecule has 1 aromatic heterocycles. The molecule has 2 aromatic rings. The number of benzene rings is 1. The number of hydrogen-bond acceptors (Lipinski definition) is 3. The van der Waals surface area contributed by atoms with Crippen molar-refractivity contribution in [1.29, 1.82) is 0 Å². The van der Waals surface area contributed by atoms with Crippen molar-refractivity contribution in [2.45, 2.75) is 18.9 Å². The Balaban J connectivity index is 1.60. The van der Waals surface area contributed by atoms with Crippen molar-refractivity contribution >= 4 is 5.97 Å². The Labute approximate surface area is 120 Å². The fourth-order valence-electron chi connectivity index (χ4n) is 2.33. The molecule has 0 saturated heterocycles. The molecule has 5 heteroatoms. The van der Waals surface area contributed by atoms with Crippen LogP contribution in [0.2, 0.25) is 0 Å². The summed E-state index contributed by atoms with van der Waals surface area (Å²) in [6.07, 6.45) is 2.10. The first-order valence-electron chi connectivity index (χ1n) is 6.66. The molecule has 1 fully saturated rings. The molecule has 0 aliphatic heterocycles. The van der Waals surface area contributed by atoms with Gasteiger partial charge in [0.1, 0.15) is 18.2 Å². The summed E-state index contributed by atoms with van der Waals surface area (Å²) >= 11 is 0. The van der Waals surface area contributed by atoms with Gasteiger partial charge in [0.05, 0.1) is 11.6 Å². The van der Waals surface area contributed by atoms with Gasteiger partial charge in [0.25, 0.3) is 0 Å². The van der Waals surface area contributed by atoms with E-state index in [0.717, 1.165) is 18.2 Å². The predicted molar refractivity (Wildman–Crippen MR) is 71.2 cm³/mol. The number of hydrogen-bond donors (Lipinski definition) is 0. The standard InChI is InChI=1S/C16H13F2NO2/c17-10-4-5-15(18)13(7-10)12-8-14(12)16(20)21-9-11-3-1-2-6-19-11/h1-7,12,14H,8-9H2/t12-,14+/m0/s1. The average Bonchev–Trinajstić information content (AvgIpc) is 3.29. The Bertz CT molecular complexity index is 661. The molecule has 2 atom stereocenters. The third-order valence-corrected chi connectivity index (χ3v) is 3.54. The van der Waals surface area contributed by atoms with Crippen molar-refractivity contribution < 1.29 is 18.3 Å². The first-order chi connectivity index (χ1) is 10.1. The van der Waals surface area contributed by atoms with E-state index in [9.17, 15) is 13.6 Å². The molecule has 1 saturated carbocycles. The Kier molecular flexibility index (Phi) is 3.64. The van der Waals surface area contributed by atoms with Gasteiger partial charge in [-0.3, -0.25) is 9.78 Å². The SMILES string of the molecule is O=C(OCc1ccccn1)[C@@H]1C[C@H]1c1cc(F)ccc1F. The normalized spacial score (nSPS) is 20.1. The van der Waals surface area contributed by atoms with Crippen molar-refractivity contribution in [3.05, 3.63) is 65.5 Å². The van der Waals surface area contributed by atoms with E-state index in [1.807, 2.05) is 0 Å². The minimum atomic E-state index is -0.501. The van der Waals surface area contributed by atoms with Crippen LogP contribution in [0.25, 0.3) is 0 Å². The van der Waals surface area contributed by atoms with Crippen LogP contribution >= 0.6 is 0 Å². The Morgan fingerprint density at radius 3 is 2.90 bits per heavy atom. The molecular formula is C16H13F2NO2. The number of carbonyl (C=O) groups is 1. The molecular weight excluding hydrogens is 276 g/mol. The van der Waals surface area contributed by atoms with E-state index < -0.39 is 23.5 Å². The number of aromatic nitrogens is 1. The van der Waals surface area contributed by atoms with Crippen LogP contribution in [0.15, 0.2) is 42.6 Å². The topological polar surface area (TPSA) is 39.2 Å². The van der Waals surface area contributed by atoms with Crippen LogP contribution in [-0.4, -0.2) is 11.0 Å². The number of ether oxygens (including phenoxy) is 1. The van der Waals surface area contributed by atoms with Crippen LogP contribution in [0.3, 0.4) is 0 Å². The van der Waals surface area contributed by atoms with E-state index in [1.165, 1.54) is 0 Å². The zero-order valence-corrected chi connectivity index (χ0v) is 11.1. The molecule has 0 spiro atoms. The molecule has 1 heterocycles. The Morgan fingerprint density at radius 2 is 2.14 bits per heavy atom. The van der Waals surface area contributed by atoms with Crippen molar-refractivity contribution in [1.82, 2.24) is 4.98 Å². The first kappa shape index (κ1) is 13.7. The van der Waals surface area contributed by atoms with Gasteiger partial charge in [0.2, 0.25) is 0 Å². The van der Waals surface area contributed by atoms with Gasteiger partial charge in [0.15, 0.2) is 0 Å². The van der Waals surface area contributed by atoms with Gasteiger partial charge >= 0.3 is 5.97 Å². The molecule has 0 amide bonds. The second-order valence-electron chi connectivity index (χ2n) is 5.04. The number of pyridine rings is 1. The van der Waals surface area contributed by atoms with E-state index in [2.05, 4.69) is 4.98 Å². The average molecular weight is 289 g/mol. The maximum atomic E-state index is 13.6. The van der Waals surface area contributed by atoms with Crippen LogP contribution in [0.1, 0.15) is 23.6 Å². The van der Waals surface area contributed by atoms with E-state index in [1.54, 1.807) is 24.4 Å². The molecule has 0 N–H and O–H groups in total. The van der Waals surface area contributed by atoms with E-state index in [-0.39, 0.29) is 18.1 Å². The molecule has 3 rings (SSSR count). The van der Waals surface area contributed by atoms with E-state index in [4.69, 9.17) is 4.74 Å². The molecule has 108 valence electrons. The van der Waals surface area contributed by atoms with Crippen molar-refractivity contribution in [3.8, 4) is 0 Å². The Hall–Kier alpha value is -2.30. The summed E-state index contributed by atoms with van der Waals surface area (Å²) in [4.78, 5) is 15.9. The fourth-order valence-corrected chi connectivity index (χ4v) is 2.33. The lowest BCUT2D eigenvalue weighted by Crippen LogP contribution is -2.09. The summed E-state index contributed by atoms with van der Waals surface area (Å²) in [6.45, 7) is 0.0918. The van der Waals surface area contributed by atoms with Crippen LogP contribution < -0.4 is 0 Å². The van der Waals surface area contributed by atoms with Crippen LogP contribution in [0, 0.1) is 17.6 Å². The maximum absolute atomic E-state index is 13.6. The van der Waals surface area contributed by atoms with Gasteiger partial charge in [-0.05, 0) is 42.3 Å². The summed E-state index contributed by atoms with van der Waals surface area (Å²) in [7, 11) is 0. The number of rotatable bonds is 4. The predicted octanol–water partition coefficient (Wildman–Crippen LogP) is 3.21. The number of carbonyl (C=O) groups excluding carboxylic acids is 1. The molecule has 1 aromatic carbocycles. The fraction of sp³-hybridized carbons (Fsp3) is 0.250. The van der Waals surface area contributed by atoms with Crippen LogP contribution in [-0.2, 0) is 16.1 Å². The molecule has 3 nitrogen and oxygen atoms in total. The van der Waals surface area contributed by atoms with Gasteiger partial charge in [-0.2, -0.15) is 0 Å². The smallest absolute Gasteiger partial charge is 0.309 e. The zero-order valence-electron chi connectivity index (χ0n) is 11.1. The number of nitrogens with zero attached hydrogens (tertiary/aromatic N) is 1. The molecule has 21 heavy (non-hydrogen) atoms. The van der Waals surface area contributed by atoms with Gasteiger partial charge in [-0.1, -0.05) is 6.07 Å². The molecule has 0 bridgehead atoms. The van der Waals surface area contributed by atoms with Gasteiger partial charge in [0, 0.05) is 12.1 Å². The van der Waals surface area contributed by atoms with Crippen LogP contribution in [0.5, 0.6) is 0 Å². The van der Waals surface area contributed by atoms with Crippen molar-refractivity contribution in [2.75, 3.05) is 0 Å². The highest BCUT2D eigenvalue weighted by atomic mass is 19.1. The highest BCUT2D eigenvalue weighted by Crippen LogP contribution is 2.49. The van der Waals surface area contributed by atoms with Gasteiger partial charge in [-0.25, -0.2) is 8.78 Å². The van der Waals surface area contributed by atoms with Gasteiger partial charge in [-0.15, -0.1) is 0 Å².